The molecule has 0 aliphatic carbocycles. The molecule has 0 aromatic heterocycles. The number of hydrogen-bond donors (Lipinski definition) is 3. The minimum absolute atomic E-state index is 0.234. The molecule has 5 nitrogen and oxygen atoms in total. The first-order valence-corrected chi connectivity index (χ1v) is 10.1. The van der Waals surface area contributed by atoms with Crippen LogP contribution in [0.15, 0.2) is 66.7 Å². The number of ether oxygens (including phenoxy) is 1. The smallest absolute Gasteiger partial charge is 0.119 e. The number of rotatable bonds is 7. The van der Waals surface area contributed by atoms with Crippen LogP contribution >= 0.6 is 0 Å². The third-order valence-electron chi connectivity index (χ3n) is 5.74. The number of fused-ring (bicyclic) bond motifs is 1. The molecular weight excluding hydrogens is 362 g/mol. The topological polar surface area (TPSA) is 56.8 Å². The van der Waals surface area contributed by atoms with E-state index in [1.54, 1.807) is 7.11 Å². The summed E-state index contributed by atoms with van der Waals surface area (Å²) in [4.78, 5) is 2.22. The molecule has 0 spiro atoms. The highest BCUT2D eigenvalue weighted by atomic mass is 16.5. The Balaban J connectivity index is 1.44. The Labute approximate surface area is 172 Å². The summed E-state index contributed by atoms with van der Waals surface area (Å²) in [6.45, 7) is 2.41. The summed E-state index contributed by atoms with van der Waals surface area (Å²) in [5, 5.41) is 12.9. The van der Waals surface area contributed by atoms with Crippen molar-refractivity contribution in [3.05, 3.63) is 77.9 Å². The van der Waals surface area contributed by atoms with Gasteiger partial charge in [-0.25, -0.2) is 5.43 Å². The molecular formula is C24H29N3O2. The number of likely N-dealkylation sites (N-methyl/N-ethyl adjacent to an activating group) is 1. The van der Waals surface area contributed by atoms with Crippen LogP contribution in [0.2, 0.25) is 0 Å². The summed E-state index contributed by atoms with van der Waals surface area (Å²) < 4.78 is 5.33. The minimum Gasteiger partial charge on any atom is -0.497 e. The van der Waals surface area contributed by atoms with Gasteiger partial charge in [0, 0.05) is 25.6 Å². The van der Waals surface area contributed by atoms with Crippen LogP contribution in [0.25, 0.3) is 10.8 Å². The van der Waals surface area contributed by atoms with Crippen LogP contribution in [0, 0.1) is 5.92 Å². The van der Waals surface area contributed by atoms with Gasteiger partial charge >= 0.3 is 0 Å². The summed E-state index contributed by atoms with van der Waals surface area (Å²) in [6, 6.07) is 22.9. The molecule has 5 heteroatoms. The first-order chi connectivity index (χ1) is 14.1. The predicted octanol–water partition coefficient (Wildman–Crippen LogP) is 3.28. The van der Waals surface area contributed by atoms with Gasteiger partial charge in [0.15, 0.2) is 0 Å². The largest absolute Gasteiger partial charge is 0.497 e. The number of nitrogens with one attached hydrogen (secondary N) is 2. The molecule has 3 aromatic carbocycles. The van der Waals surface area contributed by atoms with E-state index in [2.05, 4.69) is 53.1 Å². The van der Waals surface area contributed by atoms with E-state index in [1.807, 2.05) is 36.4 Å². The van der Waals surface area contributed by atoms with Crippen molar-refractivity contribution in [1.29, 1.82) is 0 Å². The van der Waals surface area contributed by atoms with Crippen LogP contribution in [0.4, 0.5) is 0 Å². The lowest BCUT2D eigenvalue weighted by molar-refractivity contribution is 0.117. The second kappa shape index (κ2) is 8.93. The zero-order valence-corrected chi connectivity index (χ0v) is 17.0. The highest BCUT2D eigenvalue weighted by molar-refractivity contribution is 5.84. The van der Waals surface area contributed by atoms with E-state index in [9.17, 15) is 5.11 Å². The predicted molar refractivity (Wildman–Crippen MR) is 117 cm³/mol. The maximum absolute atomic E-state index is 10.5. The fourth-order valence-corrected chi connectivity index (χ4v) is 4.17. The van der Waals surface area contributed by atoms with Crippen LogP contribution in [0.5, 0.6) is 5.75 Å². The molecule has 1 saturated heterocycles. The van der Waals surface area contributed by atoms with E-state index in [4.69, 9.17) is 4.74 Å². The maximum atomic E-state index is 10.5. The Hall–Kier alpha value is -2.44. The van der Waals surface area contributed by atoms with Crippen molar-refractivity contribution in [3.63, 3.8) is 0 Å². The third kappa shape index (κ3) is 4.60. The molecule has 3 aromatic rings. The van der Waals surface area contributed by atoms with Gasteiger partial charge in [0.2, 0.25) is 0 Å². The number of aliphatic hydroxyl groups excluding tert-OH is 1. The molecule has 0 bridgehead atoms. The monoisotopic (exact) mass is 391 g/mol. The molecule has 3 N–H and O–H groups in total. The summed E-state index contributed by atoms with van der Waals surface area (Å²) in [5.41, 5.74) is 8.99. The molecule has 0 amide bonds. The van der Waals surface area contributed by atoms with E-state index in [-0.39, 0.29) is 6.04 Å². The molecule has 4 rings (SSSR count). The van der Waals surface area contributed by atoms with Gasteiger partial charge < -0.3 is 14.7 Å². The molecule has 1 aliphatic heterocycles. The van der Waals surface area contributed by atoms with Crippen LogP contribution < -0.4 is 15.6 Å². The van der Waals surface area contributed by atoms with Crippen LogP contribution in [-0.4, -0.2) is 43.8 Å². The van der Waals surface area contributed by atoms with Crippen LogP contribution in [0.3, 0.4) is 0 Å². The Kier molecular flexibility index (Phi) is 6.11. The Morgan fingerprint density at radius 2 is 1.83 bits per heavy atom. The number of hydrogen-bond acceptors (Lipinski definition) is 5. The fourth-order valence-electron chi connectivity index (χ4n) is 4.17. The normalized spacial score (nSPS) is 20.3. The zero-order chi connectivity index (χ0) is 20.2. The lowest BCUT2D eigenvalue weighted by Gasteiger charge is -2.26. The van der Waals surface area contributed by atoms with Gasteiger partial charge in [-0.1, -0.05) is 48.5 Å². The molecule has 3 atom stereocenters. The molecule has 0 saturated carbocycles. The second-order valence-electron chi connectivity index (χ2n) is 7.88. The fraction of sp³-hybridized carbons (Fsp3) is 0.333. The summed E-state index contributed by atoms with van der Waals surface area (Å²) in [5.74, 6) is 1.29. The third-order valence-corrected chi connectivity index (χ3v) is 5.74. The zero-order valence-electron chi connectivity index (χ0n) is 17.0. The van der Waals surface area contributed by atoms with Crippen molar-refractivity contribution in [2.24, 2.45) is 5.92 Å². The molecule has 1 heterocycles. The Morgan fingerprint density at radius 1 is 1.07 bits per heavy atom. The lowest BCUT2D eigenvalue weighted by Crippen LogP contribution is -2.33. The number of benzene rings is 3. The van der Waals surface area contributed by atoms with Crippen molar-refractivity contribution >= 4 is 10.8 Å². The van der Waals surface area contributed by atoms with E-state index >= 15 is 0 Å². The highest BCUT2D eigenvalue weighted by Crippen LogP contribution is 2.30. The molecule has 1 fully saturated rings. The number of nitrogens with zero attached hydrogens (tertiary/aromatic N) is 1. The first kappa shape index (κ1) is 19.9. The van der Waals surface area contributed by atoms with E-state index < -0.39 is 6.10 Å². The van der Waals surface area contributed by atoms with Gasteiger partial charge in [0.1, 0.15) is 5.75 Å². The van der Waals surface area contributed by atoms with Crippen LogP contribution in [-0.2, 0) is 0 Å². The molecule has 152 valence electrons. The van der Waals surface area contributed by atoms with E-state index in [0.717, 1.165) is 24.4 Å². The molecule has 29 heavy (non-hydrogen) atoms. The standard InChI is InChI=1S/C24H29N3O2/c1-27(16-23(28)17-6-4-3-5-7-17)15-21-14-25-26-24(21)20-9-8-19-13-22(29-2)11-10-18(19)12-20/h3-13,21,23-26,28H,14-16H2,1-2H3. The van der Waals surface area contributed by atoms with E-state index in [0.29, 0.717) is 12.5 Å². The molecule has 1 aliphatic rings. The van der Waals surface area contributed by atoms with Crippen molar-refractivity contribution < 1.29 is 9.84 Å². The van der Waals surface area contributed by atoms with Crippen molar-refractivity contribution in [2.45, 2.75) is 12.1 Å². The lowest BCUT2D eigenvalue weighted by atomic mass is 9.92. The van der Waals surface area contributed by atoms with E-state index in [1.165, 1.54) is 16.3 Å². The number of methoxy groups -OCH3 is 1. The summed E-state index contributed by atoms with van der Waals surface area (Å²) in [6.07, 6.45) is -0.474. The van der Waals surface area contributed by atoms with Gasteiger partial charge in [0.25, 0.3) is 0 Å². The van der Waals surface area contributed by atoms with Crippen molar-refractivity contribution in [2.75, 3.05) is 33.8 Å². The van der Waals surface area contributed by atoms with Crippen molar-refractivity contribution in [3.8, 4) is 5.75 Å². The van der Waals surface area contributed by atoms with Gasteiger partial charge in [-0.3, -0.25) is 5.43 Å². The van der Waals surface area contributed by atoms with Gasteiger partial charge in [-0.2, -0.15) is 0 Å². The summed E-state index contributed by atoms with van der Waals surface area (Å²) >= 11 is 0. The Morgan fingerprint density at radius 3 is 2.62 bits per heavy atom. The number of hydrazine groups is 1. The first-order valence-electron chi connectivity index (χ1n) is 10.1. The van der Waals surface area contributed by atoms with Gasteiger partial charge in [0.05, 0.1) is 19.3 Å². The average Bonchev–Trinajstić information content (AvgIpc) is 3.21. The molecule has 0 radical (unpaired) electrons. The number of aliphatic hydroxyl groups is 1. The second-order valence-corrected chi connectivity index (χ2v) is 7.88. The Bertz CT molecular complexity index is 947. The average molecular weight is 392 g/mol. The highest BCUT2D eigenvalue weighted by Gasteiger charge is 2.29. The van der Waals surface area contributed by atoms with Gasteiger partial charge in [-0.15, -0.1) is 0 Å². The summed E-state index contributed by atoms with van der Waals surface area (Å²) in [7, 11) is 3.77. The van der Waals surface area contributed by atoms with Crippen LogP contribution in [0.1, 0.15) is 23.3 Å². The maximum Gasteiger partial charge on any atom is 0.119 e. The molecule has 3 unspecified atom stereocenters. The van der Waals surface area contributed by atoms with Gasteiger partial charge in [-0.05, 0) is 47.1 Å². The SMILES string of the molecule is COc1ccc2cc(C3NNCC3CN(C)CC(O)c3ccccc3)ccc2c1. The van der Waals surface area contributed by atoms with Crippen molar-refractivity contribution in [1.82, 2.24) is 15.8 Å². The quantitative estimate of drug-likeness (QED) is 0.577. The minimum atomic E-state index is -0.474.